The molecule has 1 aliphatic rings. The van der Waals surface area contributed by atoms with Gasteiger partial charge in [-0.1, -0.05) is 36.2 Å². The molecular formula is C12H16ClN3O2S. The summed E-state index contributed by atoms with van der Waals surface area (Å²) in [5.74, 6) is -0.372. The van der Waals surface area contributed by atoms with E-state index in [0.717, 1.165) is 25.7 Å². The smallest absolute Gasteiger partial charge is 0.271 e. The number of carbonyl (C=O) groups excluding carboxylic acids is 1. The average Bonchev–Trinajstić information content (AvgIpc) is 2.84. The van der Waals surface area contributed by atoms with Gasteiger partial charge in [0.15, 0.2) is 10.9 Å². The minimum absolute atomic E-state index is 0.155. The van der Waals surface area contributed by atoms with Crippen LogP contribution in [-0.4, -0.2) is 39.4 Å². The van der Waals surface area contributed by atoms with Crippen molar-refractivity contribution in [3.8, 4) is 0 Å². The zero-order valence-corrected chi connectivity index (χ0v) is 12.2. The van der Waals surface area contributed by atoms with E-state index >= 15 is 0 Å². The van der Waals surface area contributed by atoms with Crippen molar-refractivity contribution in [3.63, 3.8) is 0 Å². The molecule has 2 N–H and O–H groups in total. The number of nitrogens with zero attached hydrogens (tertiary/aromatic N) is 2. The van der Waals surface area contributed by atoms with Gasteiger partial charge in [-0.05, 0) is 19.1 Å². The summed E-state index contributed by atoms with van der Waals surface area (Å²) in [5.41, 5.74) is -0.625. The van der Waals surface area contributed by atoms with Crippen LogP contribution in [0.2, 0.25) is 5.02 Å². The number of carbonyl (C=O) groups is 1. The third kappa shape index (κ3) is 3.58. The minimum Gasteiger partial charge on any atom is -0.388 e. The molecule has 0 aliphatic heterocycles. The van der Waals surface area contributed by atoms with Gasteiger partial charge in [0.1, 0.15) is 0 Å². The summed E-state index contributed by atoms with van der Waals surface area (Å²) in [5, 5.41) is 13.6. The molecule has 0 aromatic carbocycles. The van der Waals surface area contributed by atoms with Crippen LogP contribution in [0, 0.1) is 0 Å². The van der Waals surface area contributed by atoms with Crippen LogP contribution in [0.5, 0.6) is 0 Å². The van der Waals surface area contributed by atoms with Gasteiger partial charge in [-0.2, -0.15) is 0 Å². The third-order valence-corrected chi connectivity index (χ3v) is 4.07. The zero-order chi connectivity index (χ0) is 13.9. The molecule has 2 rings (SSSR count). The van der Waals surface area contributed by atoms with Crippen molar-refractivity contribution in [1.29, 1.82) is 0 Å². The summed E-state index contributed by atoms with van der Waals surface area (Å²) in [4.78, 5) is 20.1. The molecule has 1 saturated carbocycles. The molecule has 0 bridgehead atoms. The molecule has 104 valence electrons. The van der Waals surface area contributed by atoms with E-state index in [1.807, 2.05) is 6.26 Å². The van der Waals surface area contributed by atoms with Gasteiger partial charge in [0, 0.05) is 6.54 Å². The van der Waals surface area contributed by atoms with Crippen LogP contribution < -0.4 is 5.32 Å². The number of halogens is 1. The molecule has 5 nitrogen and oxygen atoms in total. The standard InChI is InChI=1S/C12H16ClN3O2S/c1-19-11-14-6-8(13)9(16-11)10(17)15-7-12(18)4-2-3-5-12/h6,18H,2-5,7H2,1H3,(H,15,17). The Labute approximate surface area is 121 Å². The van der Waals surface area contributed by atoms with E-state index in [1.165, 1.54) is 18.0 Å². The molecule has 0 atom stereocenters. The summed E-state index contributed by atoms with van der Waals surface area (Å²) in [6.07, 6.45) is 6.68. The maximum absolute atomic E-state index is 12.0. The molecule has 1 aliphatic carbocycles. The van der Waals surface area contributed by atoms with Gasteiger partial charge in [0.2, 0.25) is 0 Å². The molecule has 1 aromatic rings. The topological polar surface area (TPSA) is 75.1 Å². The number of thioether (sulfide) groups is 1. The van der Waals surface area contributed by atoms with Crippen molar-refractivity contribution in [2.24, 2.45) is 0 Å². The Hall–Kier alpha value is -0.850. The van der Waals surface area contributed by atoms with Gasteiger partial charge in [-0.3, -0.25) is 4.79 Å². The molecule has 19 heavy (non-hydrogen) atoms. The van der Waals surface area contributed by atoms with E-state index in [2.05, 4.69) is 15.3 Å². The van der Waals surface area contributed by atoms with E-state index in [9.17, 15) is 9.90 Å². The SMILES string of the molecule is CSc1ncc(Cl)c(C(=O)NCC2(O)CCCC2)n1. The van der Waals surface area contributed by atoms with Crippen LogP contribution in [0.4, 0.5) is 0 Å². The maximum atomic E-state index is 12.0. The normalized spacial score (nSPS) is 17.4. The number of hydrogen-bond acceptors (Lipinski definition) is 5. The van der Waals surface area contributed by atoms with Gasteiger partial charge in [0.25, 0.3) is 5.91 Å². The predicted octanol–water partition coefficient (Wildman–Crippen LogP) is 1.89. The lowest BCUT2D eigenvalue weighted by atomic mass is 10.0. The number of hydrogen-bond donors (Lipinski definition) is 2. The fourth-order valence-corrected chi connectivity index (χ4v) is 2.66. The van der Waals surface area contributed by atoms with E-state index < -0.39 is 5.60 Å². The van der Waals surface area contributed by atoms with E-state index in [1.54, 1.807) is 0 Å². The van der Waals surface area contributed by atoms with Crippen LogP contribution in [0.3, 0.4) is 0 Å². The Morgan fingerprint density at radius 1 is 1.58 bits per heavy atom. The van der Waals surface area contributed by atoms with Crippen LogP contribution >= 0.6 is 23.4 Å². The molecular weight excluding hydrogens is 286 g/mol. The predicted molar refractivity (Wildman–Crippen MR) is 74.6 cm³/mol. The molecule has 0 saturated heterocycles. The Morgan fingerprint density at radius 2 is 2.26 bits per heavy atom. The molecule has 0 unspecified atom stereocenters. The molecule has 1 fully saturated rings. The summed E-state index contributed by atoms with van der Waals surface area (Å²) < 4.78 is 0. The van der Waals surface area contributed by atoms with Gasteiger partial charge >= 0.3 is 0 Å². The Kier molecular flexibility index (Phi) is 4.65. The van der Waals surface area contributed by atoms with Gasteiger partial charge < -0.3 is 10.4 Å². The lowest BCUT2D eigenvalue weighted by molar-refractivity contribution is 0.0448. The molecule has 0 spiro atoms. The molecule has 1 amide bonds. The van der Waals surface area contributed by atoms with E-state index in [-0.39, 0.29) is 23.2 Å². The Balaban J connectivity index is 2.03. The van der Waals surface area contributed by atoms with Gasteiger partial charge in [0.05, 0.1) is 16.8 Å². The minimum atomic E-state index is -0.780. The third-order valence-electron chi connectivity index (χ3n) is 3.23. The fraction of sp³-hybridized carbons (Fsp3) is 0.583. The van der Waals surface area contributed by atoms with Crippen molar-refractivity contribution >= 4 is 29.3 Å². The summed E-state index contributed by atoms with van der Waals surface area (Å²) in [6.45, 7) is 0.237. The first-order chi connectivity index (χ1) is 9.04. The van der Waals surface area contributed by atoms with Crippen LogP contribution in [0.15, 0.2) is 11.4 Å². The first-order valence-electron chi connectivity index (χ1n) is 6.11. The van der Waals surface area contributed by atoms with Gasteiger partial charge in [-0.15, -0.1) is 0 Å². The monoisotopic (exact) mass is 301 g/mol. The number of aromatic nitrogens is 2. The summed E-state index contributed by atoms with van der Waals surface area (Å²) in [6, 6.07) is 0. The van der Waals surface area contributed by atoms with Crippen molar-refractivity contribution in [1.82, 2.24) is 15.3 Å². The van der Waals surface area contributed by atoms with E-state index in [4.69, 9.17) is 11.6 Å². The summed E-state index contributed by atoms with van der Waals surface area (Å²) in [7, 11) is 0. The largest absolute Gasteiger partial charge is 0.388 e. The fourth-order valence-electron chi connectivity index (χ4n) is 2.15. The van der Waals surface area contributed by atoms with Crippen molar-refractivity contribution in [2.45, 2.75) is 36.4 Å². The van der Waals surface area contributed by atoms with Crippen molar-refractivity contribution in [2.75, 3.05) is 12.8 Å². The lowest BCUT2D eigenvalue weighted by Gasteiger charge is -2.22. The molecule has 1 aromatic heterocycles. The van der Waals surface area contributed by atoms with Crippen LogP contribution in [0.25, 0.3) is 0 Å². The number of rotatable bonds is 4. The average molecular weight is 302 g/mol. The van der Waals surface area contributed by atoms with Gasteiger partial charge in [-0.25, -0.2) is 9.97 Å². The van der Waals surface area contributed by atoms with E-state index in [0.29, 0.717) is 5.16 Å². The second-order valence-corrected chi connectivity index (χ2v) is 5.85. The Bertz CT molecular complexity index is 478. The highest BCUT2D eigenvalue weighted by Gasteiger charge is 2.31. The molecule has 0 radical (unpaired) electrons. The maximum Gasteiger partial charge on any atom is 0.271 e. The lowest BCUT2D eigenvalue weighted by Crippen LogP contribution is -2.41. The zero-order valence-electron chi connectivity index (χ0n) is 10.6. The summed E-state index contributed by atoms with van der Waals surface area (Å²) >= 11 is 7.26. The highest BCUT2D eigenvalue weighted by Crippen LogP contribution is 2.28. The van der Waals surface area contributed by atoms with Crippen LogP contribution in [-0.2, 0) is 0 Å². The molecule has 7 heteroatoms. The Morgan fingerprint density at radius 3 is 2.89 bits per heavy atom. The second kappa shape index (κ2) is 6.07. The highest BCUT2D eigenvalue weighted by molar-refractivity contribution is 7.98. The number of nitrogens with one attached hydrogen (secondary N) is 1. The van der Waals surface area contributed by atoms with Crippen molar-refractivity contribution in [3.05, 3.63) is 16.9 Å². The second-order valence-electron chi connectivity index (χ2n) is 4.67. The van der Waals surface area contributed by atoms with Crippen LogP contribution in [0.1, 0.15) is 36.2 Å². The number of aliphatic hydroxyl groups is 1. The highest BCUT2D eigenvalue weighted by atomic mass is 35.5. The molecule has 1 heterocycles. The quantitative estimate of drug-likeness (QED) is 0.656. The van der Waals surface area contributed by atoms with Crippen molar-refractivity contribution < 1.29 is 9.90 Å². The first kappa shape index (κ1) is 14.6. The first-order valence-corrected chi connectivity index (χ1v) is 7.71. The number of amides is 1.